The number of aliphatic carboxylic acids is 1. The molecule has 0 aliphatic heterocycles. The molecule has 0 aromatic heterocycles. The van der Waals surface area contributed by atoms with Crippen LogP contribution in [0.15, 0.2) is 34.9 Å². The Morgan fingerprint density at radius 2 is 1.49 bits per heavy atom. The van der Waals surface area contributed by atoms with Gasteiger partial charge in [0, 0.05) is 25.0 Å². The number of amides is 4. The van der Waals surface area contributed by atoms with Crippen LogP contribution >= 0.6 is 11.8 Å². The minimum absolute atomic E-state index is 0.0639. The van der Waals surface area contributed by atoms with Crippen LogP contribution in [0, 0.1) is 0 Å². The summed E-state index contributed by atoms with van der Waals surface area (Å²) in [5.41, 5.74) is 8.95. The number of thioether (sulfide) groups is 1. The average molecular weight is 511 g/mol. The highest BCUT2D eigenvalue weighted by Gasteiger charge is 2.25. The van der Waals surface area contributed by atoms with Crippen LogP contribution in [0.4, 0.5) is 4.79 Å². The summed E-state index contributed by atoms with van der Waals surface area (Å²) in [5.74, 6) is -1.41. The van der Waals surface area contributed by atoms with E-state index in [0.29, 0.717) is 5.75 Å². The van der Waals surface area contributed by atoms with Crippen molar-refractivity contribution in [1.82, 2.24) is 16.0 Å². The lowest BCUT2D eigenvalue weighted by Crippen LogP contribution is -2.53. The maximum atomic E-state index is 12.5. The number of carbonyl (C=O) groups excluding carboxylic acids is 3. The van der Waals surface area contributed by atoms with Gasteiger partial charge in [-0.25, -0.2) is 9.59 Å². The highest BCUT2D eigenvalue weighted by atomic mass is 32.2. The lowest BCUT2D eigenvalue weighted by molar-refractivity contribution is -0.141. The molecule has 35 heavy (non-hydrogen) atoms. The third kappa shape index (κ3) is 18.3. The van der Waals surface area contributed by atoms with Gasteiger partial charge in [0.1, 0.15) is 12.1 Å². The zero-order chi connectivity index (χ0) is 26.8. The van der Waals surface area contributed by atoms with Crippen LogP contribution in [0.3, 0.4) is 0 Å². The first-order chi connectivity index (χ1) is 16.4. The first-order valence-electron chi connectivity index (χ1n) is 11.8. The Bertz CT molecular complexity index is 804. The first kappa shape index (κ1) is 32.2. The van der Waals surface area contributed by atoms with Gasteiger partial charge in [-0.05, 0) is 59.8 Å². The fourth-order valence-corrected chi connectivity index (χ4v) is 4.03. The third-order valence-electron chi connectivity index (χ3n) is 5.00. The Morgan fingerprint density at radius 3 is 2.03 bits per heavy atom. The fourth-order valence-electron chi connectivity index (χ4n) is 3.03. The van der Waals surface area contributed by atoms with Gasteiger partial charge in [0.2, 0.25) is 11.8 Å². The fraction of sp³-hybridized carbons (Fsp3) is 0.600. The van der Waals surface area contributed by atoms with Crippen molar-refractivity contribution >= 4 is 35.6 Å². The second-order valence-corrected chi connectivity index (χ2v) is 9.80. The highest BCUT2D eigenvalue weighted by Crippen LogP contribution is 2.13. The molecule has 198 valence electrons. The summed E-state index contributed by atoms with van der Waals surface area (Å²) in [6, 6.07) is -2.83. The Morgan fingerprint density at radius 1 is 0.886 bits per heavy atom. The normalized spacial score (nSPS) is 13.4. The summed E-state index contributed by atoms with van der Waals surface area (Å²) >= 11 is 1.41. The minimum atomic E-state index is -1.16. The van der Waals surface area contributed by atoms with Crippen LogP contribution in [-0.4, -0.2) is 59.1 Å². The minimum Gasteiger partial charge on any atom is -0.480 e. The number of primary amides is 1. The topological polar surface area (TPSA) is 151 Å². The van der Waals surface area contributed by atoms with Gasteiger partial charge in [-0.1, -0.05) is 34.9 Å². The maximum absolute atomic E-state index is 12.5. The van der Waals surface area contributed by atoms with Crippen molar-refractivity contribution in [2.45, 2.75) is 78.8 Å². The lowest BCUT2D eigenvalue weighted by Gasteiger charge is -2.21. The number of nitrogens with one attached hydrogen (secondary N) is 3. The van der Waals surface area contributed by atoms with Crippen LogP contribution in [0.25, 0.3) is 0 Å². The van der Waals surface area contributed by atoms with Gasteiger partial charge in [0.15, 0.2) is 0 Å². The van der Waals surface area contributed by atoms with Crippen LogP contribution in [0.1, 0.15) is 66.7 Å². The van der Waals surface area contributed by atoms with E-state index in [1.165, 1.54) is 35.4 Å². The predicted molar refractivity (Wildman–Crippen MR) is 142 cm³/mol. The molecule has 0 radical (unpaired) electrons. The van der Waals surface area contributed by atoms with Crippen molar-refractivity contribution in [2.75, 3.05) is 18.1 Å². The second kappa shape index (κ2) is 18.6. The molecule has 0 spiro atoms. The quantitative estimate of drug-likeness (QED) is 0.150. The Kier molecular flexibility index (Phi) is 17.1. The molecule has 0 aromatic rings. The third-order valence-corrected chi connectivity index (χ3v) is 5.97. The van der Waals surface area contributed by atoms with Gasteiger partial charge in [-0.3, -0.25) is 9.59 Å². The molecule has 9 nitrogen and oxygen atoms in total. The van der Waals surface area contributed by atoms with Crippen molar-refractivity contribution in [3.63, 3.8) is 0 Å². The number of nitrogens with two attached hydrogens (primary N) is 1. The summed E-state index contributed by atoms with van der Waals surface area (Å²) in [5, 5.41) is 16.8. The molecule has 0 heterocycles. The second-order valence-electron chi connectivity index (χ2n) is 8.73. The molecule has 6 N–H and O–H groups in total. The standard InChI is InChI=1S/C25H42N4O5S/c1-17(2)8-6-9-18(3)10-7-11-19(4)13-15-35-16-22(24(32)33)29-23(31)21(28-20(5)30)12-14-27-25(26)34/h8,10,13,21-22H,6-7,9,11-12,14-16H2,1-5H3,(H,28,30)(H,29,31)(H,32,33)(H3,26,27,34)/b18-10+,19-13+/t21-,22-/m0/s1. The summed E-state index contributed by atoms with van der Waals surface area (Å²) in [7, 11) is 0. The van der Waals surface area contributed by atoms with E-state index in [4.69, 9.17) is 5.73 Å². The Hall–Kier alpha value is -2.75. The van der Waals surface area contributed by atoms with E-state index in [-0.39, 0.29) is 18.7 Å². The molecule has 2 atom stereocenters. The molecule has 0 rings (SSSR count). The van der Waals surface area contributed by atoms with Crippen LogP contribution in [0.2, 0.25) is 0 Å². The first-order valence-corrected chi connectivity index (χ1v) is 12.9. The molecular formula is C25H42N4O5S. The van der Waals surface area contributed by atoms with Crippen LogP contribution in [-0.2, 0) is 14.4 Å². The van der Waals surface area contributed by atoms with Crippen molar-refractivity contribution in [1.29, 1.82) is 0 Å². The summed E-state index contributed by atoms with van der Waals surface area (Å²) in [4.78, 5) is 46.3. The molecule has 0 fully saturated rings. The van der Waals surface area contributed by atoms with E-state index in [2.05, 4.69) is 61.9 Å². The van der Waals surface area contributed by atoms with Gasteiger partial charge in [-0.2, -0.15) is 11.8 Å². The van der Waals surface area contributed by atoms with E-state index in [9.17, 15) is 24.3 Å². The largest absolute Gasteiger partial charge is 0.480 e. The molecule has 0 saturated heterocycles. The van der Waals surface area contributed by atoms with E-state index in [0.717, 1.165) is 25.7 Å². The molecule has 10 heteroatoms. The van der Waals surface area contributed by atoms with Gasteiger partial charge < -0.3 is 26.8 Å². The van der Waals surface area contributed by atoms with E-state index >= 15 is 0 Å². The molecular weight excluding hydrogens is 468 g/mol. The molecule has 0 bridgehead atoms. The lowest BCUT2D eigenvalue weighted by atomic mass is 10.1. The van der Waals surface area contributed by atoms with Crippen LogP contribution < -0.4 is 21.7 Å². The number of rotatable bonds is 17. The van der Waals surface area contributed by atoms with E-state index < -0.39 is 35.9 Å². The number of carboxylic acids is 1. The number of carbonyl (C=O) groups is 4. The SMILES string of the molecule is CC(=O)N[C@@H](CCNC(N)=O)C(=O)N[C@@H](CSC/C=C(\C)CC/C=C(\C)CCC=C(C)C)C(=O)O. The number of carboxylic acid groups (broad SMARTS) is 1. The molecule has 4 amide bonds. The summed E-state index contributed by atoms with van der Waals surface area (Å²) in [6.07, 6.45) is 10.7. The van der Waals surface area contributed by atoms with Gasteiger partial charge >= 0.3 is 12.0 Å². The van der Waals surface area contributed by atoms with Gasteiger partial charge in [0.05, 0.1) is 0 Å². The zero-order valence-electron chi connectivity index (χ0n) is 21.6. The van der Waals surface area contributed by atoms with Gasteiger partial charge in [-0.15, -0.1) is 0 Å². The molecule has 0 unspecified atom stereocenters. The Balaban J connectivity index is 4.60. The summed E-state index contributed by atoms with van der Waals surface area (Å²) < 4.78 is 0. The zero-order valence-corrected chi connectivity index (χ0v) is 22.4. The van der Waals surface area contributed by atoms with Crippen molar-refractivity contribution < 1.29 is 24.3 Å². The molecule has 0 saturated carbocycles. The highest BCUT2D eigenvalue weighted by molar-refractivity contribution is 7.99. The average Bonchev–Trinajstić information content (AvgIpc) is 2.74. The molecule has 0 aliphatic rings. The molecule has 0 aliphatic carbocycles. The maximum Gasteiger partial charge on any atom is 0.327 e. The van der Waals surface area contributed by atoms with E-state index in [1.54, 1.807) is 0 Å². The smallest absolute Gasteiger partial charge is 0.327 e. The number of urea groups is 1. The summed E-state index contributed by atoms with van der Waals surface area (Å²) in [6.45, 7) is 9.73. The monoisotopic (exact) mass is 510 g/mol. The Labute approximate surface area is 213 Å². The predicted octanol–water partition coefficient (Wildman–Crippen LogP) is 3.27. The number of hydrogen-bond acceptors (Lipinski definition) is 5. The molecule has 0 aromatic carbocycles. The van der Waals surface area contributed by atoms with Gasteiger partial charge in [0.25, 0.3) is 0 Å². The van der Waals surface area contributed by atoms with E-state index in [1.807, 2.05) is 0 Å². The van der Waals surface area contributed by atoms with Crippen molar-refractivity contribution in [3.05, 3.63) is 34.9 Å². The van der Waals surface area contributed by atoms with Crippen molar-refractivity contribution in [2.24, 2.45) is 5.73 Å². The number of hydrogen-bond donors (Lipinski definition) is 5. The van der Waals surface area contributed by atoms with Crippen LogP contribution in [0.5, 0.6) is 0 Å². The number of allylic oxidation sites excluding steroid dienone is 5. The van der Waals surface area contributed by atoms with Crippen molar-refractivity contribution in [3.8, 4) is 0 Å².